The molecule has 0 aromatic rings. The van der Waals surface area contributed by atoms with Crippen LogP contribution in [0.1, 0.15) is 60.3 Å². The third kappa shape index (κ3) is 6.24. The highest BCUT2D eigenvalue weighted by Crippen LogP contribution is 2.23. The summed E-state index contributed by atoms with van der Waals surface area (Å²) in [6.45, 7) is 11.8. The van der Waals surface area contributed by atoms with Crippen LogP contribution in [-0.4, -0.2) is 23.6 Å². The van der Waals surface area contributed by atoms with Gasteiger partial charge in [0.05, 0.1) is 0 Å². The van der Waals surface area contributed by atoms with Crippen molar-refractivity contribution in [2.45, 2.75) is 66.3 Å². The number of hydrogen-bond donors (Lipinski definition) is 3. The van der Waals surface area contributed by atoms with Gasteiger partial charge in [-0.25, -0.2) is 0 Å². The molecule has 18 heavy (non-hydrogen) atoms. The first-order chi connectivity index (χ1) is 8.35. The highest BCUT2D eigenvalue weighted by molar-refractivity contribution is 5.85. The fourth-order valence-corrected chi connectivity index (χ4v) is 1.84. The highest BCUT2D eigenvalue weighted by Gasteiger charge is 2.22. The lowest BCUT2D eigenvalue weighted by Crippen LogP contribution is -2.33. The Hall–Kier alpha value is -0.770. The smallest absolute Gasteiger partial charge is 0.144 e. The predicted octanol–water partition coefficient (Wildman–Crippen LogP) is 2.95. The van der Waals surface area contributed by atoms with Gasteiger partial charge in [0.25, 0.3) is 0 Å². The maximum absolute atomic E-state index is 8.68. The van der Waals surface area contributed by atoms with E-state index in [2.05, 4.69) is 31.2 Å². The molecule has 0 rings (SSSR count). The van der Waals surface area contributed by atoms with Gasteiger partial charge in [0, 0.05) is 11.5 Å². The van der Waals surface area contributed by atoms with Gasteiger partial charge in [0.2, 0.25) is 0 Å². The normalized spacial score (nSPS) is 16.6. The van der Waals surface area contributed by atoms with E-state index in [0.29, 0.717) is 11.9 Å². The van der Waals surface area contributed by atoms with Crippen molar-refractivity contribution in [3.8, 4) is 0 Å². The van der Waals surface area contributed by atoms with Gasteiger partial charge in [-0.1, -0.05) is 45.7 Å². The van der Waals surface area contributed by atoms with Crippen LogP contribution in [0.4, 0.5) is 0 Å². The van der Waals surface area contributed by atoms with Gasteiger partial charge in [0.1, 0.15) is 5.84 Å². The molecular formula is C14H31N3O. The summed E-state index contributed by atoms with van der Waals surface area (Å²) >= 11 is 0. The molecule has 4 heteroatoms. The number of oxime groups is 1. The summed E-state index contributed by atoms with van der Waals surface area (Å²) in [6.07, 6.45) is 4.37. The molecule has 0 aliphatic rings. The molecule has 0 bridgehead atoms. The van der Waals surface area contributed by atoms with Crippen LogP contribution in [0.3, 0.4) is 0 Å². The van der Waals surface area contributed by atoms with E-state index >= 15 is 0 Å². The summed E-state index contributed by atoms with van der Waals surface area (Å²) in [4.78, 5) is 0. The van der Waals surface area contributed by atoms with Crippen LogP contribution in [0.25, 0.3) is 0 Å². The van der Waals surface area contributed by atoms with Gasteiger partial charge in [0.15, 0.2) is 0 Å². The first kappa shape index (κ1) is 17.2. The molecule has 0 aromatic carbocycles. The minimum absolute atomic E-state index is 0.211. The van der Waals surface area contributed by atoms with Crippen molar-refractivity contribution in [1.82, 2.24) is 5.32 Å². The van der Waals surface area contributed by atoms with Crippen LogP contribution in [0.15, 0.2) is 5.16 Å². The molecule has 4 nitrogen and oxygen atoms in total. The van der Waals surface area contributed by atoms with Crippen LogP contribution < -0.4 is 11.1 Å². The quantitative estimate of drug-likeness (QED) is 0.195. The fraction of sp³-hybridized carbons (Fsp3) is 0.929. The second-order valence-corrected chi connectivity index (χ2v) is 5.95. The molecule has 2 unspecified atom stereocenters. The molecule has 0 spiro atoms. The van der Waals surface area contributed by atoms with Gasteiger partial charge in [-0.2, -0.15) is 0 Å². The molecule has 0 aromatic heterocycles. The minimum atomic E-state index is -0.211. The molecule has 0 aliphatic carbocycles. The SMILES string of the molecule is CCC(C)C(C)NCCCCC(C)(C)C(N)=NO. The molecule has 0 radical (unpaired) electrons. The van der Waals surface area contributed by atoms with Crippen molar-refractivity contribution in [3.63, 3.8) is 0 Å². The molecule has 0 heterocycles. The van der Waals surface area contributed by atoms with Crippen LogP contribution in [-0.2, 0) is 0 Å². The Balaban J connectivity index is 3.75. The predicted molar refractivity (Wildman–Crippen MR) is 78.0 cm³/mol. The number of amidine groups is 1. The van der Waals surface area contributed by atoms with E-state index in [9.17, 15) is 0 Å². The second-order valence-electron chi connectivity index (χ2n) is 5.95. The van der Waals surface area contributed by atoms with Gasteiger partial charge >= 0.3 is 0 Å². The number of hydrogen-bond acceptors (Lipinski definition) is 3. The maximum atomic E-state index is 8.68. The van der Waals surface area contributed by atoms with Crippen LogP contribution in [0.5, 0.6) is 0 Å². The first-order valence-corrected chi connectivity index (χ1v) is 7.06. The molecule has 0 saturated carbocycles. The number of rotatable bonds is 9. The van der Waals surface area contributed by atoms with Crippen molar-refractivity contribution >= 4 is 5.84 Å². The van der Waals surface area contributed by atoms with Crippen molar-refractivity contribution in [1.29, 1.82) is 0 Å². The summed E-state index contributed by atoms with van der Waals surface area (Å²) in [5.74, 6) is 1.04. The molecule has 0 fully saturated rings. The molecule has 108 valence electrons. The Morgan fingerprint density at radius 1 is 1.33 bits per heavy atom. The van der Waals surface area contributed by atoms with Gasteiger partial charge in [-0.15, -0.1) is 0 Å². The third-order valence-corrected chi connectivity index (χ3v) is 3.99. The van der Waals surface area contributed by atoms with Crippen molar-refractivity contribution in [3.05, 3.63) is 0 Å². The van der Waals surface area contributed by atoms with E-state index in [4.69, 9.17) is 10.9 Å². The Bertz CT molecular complexity index is 251. The number of nitrogens with one attached hydrogen (secondary N) is 1. The Kier molecular flexibility index (Phi) is 8.00. The minimum Gasteiger partial charge on any atom is -0.409 e. The van der Waals surface area contributed by atoms with Crippen LogP contribution in [0, 0.1) is 11.3 Å². The lowest BCUT2D eigenvalue weighted by atomic mass is 9.86. The average Bonchev–Trinajstić information content (AvgIpc) is 2.35. The Morgan fingerprint density at radius 2 is 1.94 bits per heavy atom. The fourth-order valence-electron chi connectivity index (χ4n) is 1.84. The number of unbranched alkanes of at least 4 members (excludes halogenated alkanes) is 1. The van der Waals surface area contributed by atoms with E-state index in [-0.39, 0.29) is 5.41 Å². The highest BCUT2D eigenvalue weighted by atomic mass is 16.4. The Morgan fingerprint density at radius 3 is 2.44 bits per heavy atom. The van der Waals surface area contributed by atoms with Crippen molar-refractivity contribution in [2.75, 3.05) is 6.54 Å². The zero-order chi connectivity index (χ0) is 14.2. The summed E-state index contributed by atoms with van der Waals surface area (Å²) in [7, 11) is 0. The largest absolute Gasteiger partial charge is 0.409 e. The number of nitrogens with two attached hydrogens (primary N) is 1. The lowest BCUT2D eigenvalue weighted by molar-refractivity contribution is 0.303. The Labute approximate surface area is 112 Å². The van der Waals surface area contributed by atoms with Gasteiger partial charge < -0.3 is 16.3 Å². The zero-order valence-electron chi connectivity index (χ0n) is 12.7. The molecular weight excluding hydrogens is 226 g/mol. The van der Waals surface area contributed by atoms with E-state index in [0.717, 1.165) is 31.7 Å². The van der Waals surface area contributed by atoms with E-state index in [1.165, 1.54) is 6.42 Å². The summed E-state index contributed by atoms with van der Waals surface area (Å²) in [6, 6.07) is 0.576. The zero-order valence-corrected chi connectivity index (χ0v) is 12.7. The van der Waals surface area contributed by atoms with Gasteiger partial charge in [-0.05, 0) is 32.2 Å². The third-order valence-electron chi connectivity index (χ3n) is 3.99. The summed E-state index contributed by atoms with van der Waals surface area (Å²) in [5, 5.41) is 15.3. The second kappa shape index (κ2) is 8.35. The maximum Gasteiger partial charge on any atom is 0.144 e. The lowest BCUT2D eigenvalue weighted by Gasteiger charge is -2.23. The van der Waals surface area contributed by atoms with Crippen LogP contribution >= 0.6 is 0 Å². The average molecular weight is 257 g/mol. The number of nitrogens with zero attached hydrogens (tertiary/aromatic N) is 1. The molecule has 2 atom stereocenters. The molecule has 4 N–H and O–H groups in total. The standard InChI is InChI=1S/C14H31N3O/c1-6-11(2)12(3)16-10-8-7-9-14(4,5)13(15)17-18/h11-12,16,18H,6-10H2,1-5H3,(H2,15,17). The first-order valence-electron chi connectivity index (χ1n) is 7.06. The molecule has 0 aliphatic heterocycles. The van der Waals surface area contributed by atoms with Crippen LogP contribution in [0.2, 0.25) is 0 Å². The monoisotopic (exact) mass is 257 g/mol. The van der Waals surface area contributed by atoms with E-state index < -0.39 is 0 Å². The summed E-state index contributed by atoms with van der Waals surface area (Å²) in [5.41, 5.74) is 5.44. The van der Waals surface area contributed by atoms with Crippen molar-refractivity contribution < 1.29 is 5.21 Å². The van der Waals surface area contributed by atoms with Crippen molar-refractivity contribution in [2.24, 2.45) is 22.2 Å². The molecule has 0 saturated heterocycles. The van der Waals surface area contributed by atoms with E-state index in [1.54, 1.807) is 0 Å². The van der Waals surface area contributed by atoms with Gasteiger partial charge in [-0.3, -0.25) is 0 Å². The van der Waals surface area contributed by atoms with E-state index in [1.807, 2.05) is 13.8 Å². The summed E-state index contributed by atoms with van der Waals surface area (Å²) < 4.78 is 0. The topological polar surface area (TPSA) is 70.6 Å². The molecule has 0 amide bonds.